The van der Waals surface area contributed by atoms with Gasteiger partial charge in [0, 0.05) is 0 Å². The summed E-state index contributed by atoms with van der Waals surface area (Å²) < 4.78 is 0.762. The van der Waals surface area contributed by atoms with Gasteiger partial charge in [0.1, 0.15) is 5.75 Å². The monoisotopic (exact) mass is 262 g/mol. The van der Waals surface area contributed by atoms with Gasteiger partial charge in [-0.25, -0.2) is 0 Å². The van der Waals surface area contributed by atoms with Gasteiger partial charge in [-0.3, -0.25) is 0 Å². The minimum absolute atomic E-state index is 0.314. The molecule has 0 unspecified atom stereocenters. The molecule has 15 heavy (non-hydrogen) atoms. The summed E-state index contributed by atoms with van der Waals surface area (Å²) >= 11 is 3.42. The molecule has 0 atom stereocenters. The van der Waals surface area contributed by atoms with Crippen LogP contribution in [0.15, 0.2) is 47.5 Å². The Hall–Kier alpha value is -1.28. The Morgan fingerprint density at radius 2 is 2.07 bits per heavy atom. The summed E-state index contributed by atoms with van der Waals surface area (Å²) in [7, 11) is 0. The van der Waals surface area contributed by atoms with Gasteiger partial charge in [0.25, 0.3) is 0 Å². The summed E-state index contributed by atoms with van der Waals surface area (Å²) in [5.41, 5.74) is 0.899. The molecule has 2 rings (SSSR count). The largest absolute Gasteiger partial charge is 0.506 e. The lowest BCUT2D eigenvalue weighted by atomic mass is 10.0. The maximum absolute atomic E-state index is 9.93. The fourth-order valence-electron chi connectivity index (χ4n) is 1.66. The first-order valence-electron chi connectivity index (χ1n) is 4.74. The van der Waals surface area contributed by atoms with E-state index in [0.29, 0.717) is 12.2 Å². The van der Waals surface area contributed by atoms with Crippen molar-refractivity contribution >= 4 is 26.7 Å². The Kier molecular flexibility index (Phi) is 2.78. The average molecular weight is 263 g/mol. The number of benzene rings is 2. The lowest BCUT2D eigenvalue weighted by Crippen LogP contribution is -1.85. The number of halogens is 1. The minimum atomic E-state index is 0.314. The van der Waals surface area contributed by atoms with Gasteiger partial charge >= 0.3 is 0 Å². The van der Waals surface area contributed by atoms with E-state index in [1.807, 2.05) is 30.3 Å². The Morgan fingerprint density at radius 1 is 1.33 bits per heavy atom. The number of hydrogen-bond acceptors (Lipinski definition) is 1. The minimum Gasteiger partial charge on any atom is -0.506 e. The van der Waals surface area contributed by atoms with Gasteiger partial charge in [-0.05, 0) is 44.8 Å². The van der Waals surface area contributed by atoms with Crippen molar-refractivity contribution < 1.29 is 5.11 Å². The SMILES string of the molecule is C=CCc1cc2ccccc2c(Br)c1O. The predicted molar refractivity (Wildman–Crippen MR) is 67.2 cm³/mol. The van der Waals surface area contributed by atoms with Crippen molar-refractivity contribution in [3.05, 3.63) is 53.0 Å². The number of phenols is 1. The summed E-state index contributed by atoms with van der Waals surface area (Å²) in [6.07, 6.45) is 2.46. The lowest BCUT2D eigenvalue weighted by Gasteiger charge is -2.08. The molecule has 1 N–H and O–H groups in total. The zero-order valence-electron chi connectivity index (χ0n) is 8.20. The van der Waals surface area contributed by atoms with E-state index in [1.54, 1.807) is 6.08 Å². The molecule has 0 saturated heterocycles. The summed E-state index contributed by atoms with van der Waals surface area (Å²) in [5, 5.41) is 12.1. The van der Waals surface area contributed by atoms with Crippen molar-refractivity contribution in [3.63, 3.8) is 0 Å². The molecule has 2 aromatic carbocycles. The van der Waals surface area contributed by atoms with Crippen molar-refractivity contribution in [2.24, 2.45) is 0 Å². The molecular formula is C13H11BrO. The van der Waals surface area contributed by atoms with E-state index < -0.39 is 0 Å². The molecule has 0 aliphatic carbocycles. The van der Waals surface area contributed by atoms with E-state index in [9.17, 15) is 5.11 Å². The molecule has 0 amide bonds. The molecule has 0 saturated carbocycles. The highest BCUT2D eigenvalue weighted by Crippen LogP contribution is 2.35. The molecule has 0 aromatic heterocycles. The first-order valence-corrected chi connectivity index (χ1v) is 5.53. The molecule has 0 aliphatic heterocycles. The zero-order chi connectivity index (χ0) is 10.8. The van der Waals surface area contributed by atoms with Crippen LogP contribution >= 0.6 is 15.9 Å². The standard InChI is InChI=1S/C13H11BrO/c1-2-5-10-8-9-6-3-4-7-11(9)12(14)13(10)15/h2-4,6-8,15H,1,5H2. The van der Waals surface area contributed by atoms with Gasteiger partial charge in [0.2, 0.25) is 0 Å². The molecule has 76 valence electrons. The van der Waals surface area contributed by atoms with Crippen molar-refractivity contribution in [3.8, 4) is 5.75 Å². The Morgan fingerprint density at radius 3 is 2.80 bits per heavy atom. The smallest absolute Gasteiger partial charge is 0.133 e. The average Bonchev–Trinajstić information content (AvgIpc) is 2.26. The highest BCUT2D eigenvalue weighted by molar-refractivity contribution is 9.10. The molecule has 0 spiro atoms. The van der Waals surface area contributed by atoms with Gasteiger partial charge in [-0.2, -0.15) is 0 Å². The summed E-state index contributed by atoms with van der Waals surface area (Å²) in [6.45, 7) is 3.68. The molecule has 0 heterocycles. The third-order valence-electron chi connectivity index (χ3n) is 2.40. The van der Waals surface area contributed by atoms with E-state index in [-0.39, 0.29) is 0 Å². The number of aromatic hydroxyl groups is 1. The maximum atomic E-state index is 9.93. The molecular weight excluding hydrogens is 252 g/mol. The molecule has 2 heteroatoms. The van der Waals surface area contributed by atoms with E-state index >= 15 is 0 Å². The lowest BCUT2D eigenvalue weighted by molar-refractivity contribution is 0.467. The third-order valence-corrected chi connectivity index (χ3v) is 3.21. The number of fused-ring (bicyclic) bond motifs is 1. The second-order valence-corrected chi connectivity index (χ2v) is 4.21. The Labute approximate surface area is 97.2 Å². The van der Waals surface area contributed by atoms with E-state index in [2.05, 4.69) is 22.5 Å². The number of phenolic OH excluding ortho intramolecular Hbond substituents is 1. The highest BCUT2D eigenvalue weighted by Gasteiger charge is 2.08. The van der Waals surface area contributed by atoms with Gasteiger partial charge < -0.3 is 5.11 Å². The van der Waals surface area contributed by atoms with Crippen LogP contribution in [0.5, 0.6) is 5.75 Å². The van der Waals surface area contributed by atoms with Crippen LogP contribution in [0.2, 0.25) is 0 Å². The summed E-state index contributed by atoms with van der Waals surface area (Å²) in [4.78, 5) is 0. The van der Waals surface area contributed by atoms with Crippen LogP contribution in [-0.4, -0.2) is 5.11 Å². The molecule has 0 bridgehead atoms. The molecule has 0 aliphatic rings. The Balaban J connectivity index is 2.76. The van der Waals surface area contributed by atoms with E-state index in [1.165, 1.54) is 0 Å². The van der Waals surface area contributed by atoms with Crippen molar-refractivity contribution in [1.82, 2.24) is 0 Å². The van der Waals surface area contributed by atoms with Crippen LogP contribution in [0, 0.1) is 0 Å². The van der Waals surface area contributed by atoms with Crippen LogP contribution in [0.4, 0.5) is 0 Å². The fraction of sp³-hybridized carbons (Fsp3) is 0.0769. The van der Waals surface area contributed by atoms with Crippen LogP contribution in [0.1, 0.15) is 5.56 Å². The molecule has 2 aromatic rings. The second-order valence-electron chi connectivity index (χ2n) is 3.41. The van der Waals surface area contributed by atoms with Crippen LogP contribution in [0.3, 0.4) is 0 Å². The normalized spacial score (nSPS) is 10.5. The quantitative estimate of drug-likeness (QED) is 0.811. The molecule has 0 fully saturated rings. The van der Waals surface area contributed by atoms with Crippen LogP contribution in [-0.2, 0) is 6.42 Å². The third kappa shape index (κ3) is 1.77. The first-order chi connectivity index (χ1) is 7.24. The Bertz CT molecular complexity index is 517. The number of rotatable bonds is 2. The summed E-state index contributed by atoms with van der Waals surface area (Å²) in [5.74, 6) is 0.314. The number of allylic oxidation sites excluding steroid dienone is 1. The zero-order valence-corrected chi connectivity index (χ0v) is 9.79. The maximum Gasteiger partial charge on any atom is 0.133 e. The first kappa shape index (κ1) is 10.2. The predicted octanol–water partition coefficient (Wildman–Crippen LogP) is 4.04. The van der Waals surface area contributed by atoms with Gasteiger partial charge in [-0.15, -0.1) is 6.58 Å². The van der Waals surface area contributed by atoms with Crippen molar-refractivity contribution in [1.29, 1.82) is 0 Å². The van der Waals surface area contributed by atoms with E-state index in [4.69, 9.17) is 0 Å². The topological polar surface area (TPSA) is 20.2 Å². The van der Waals surface area contributed by atoms with E-state index in [0.717, 1.165) is 20.8 Å². The van der Waals surface area contributed by atoms with Crippen LogP contribution < -0.4 is 0 Å². The van der Waals surface area contributed by atoms with Crippen LogP contribution in [0.25, 0.3) is 10.8 Å². The molecule has 0 radical (unpaired) electrons. The van der Waals surface area contributed by atoms with Crippen molar-refractivity contribution in [2.75, 3.05) is 0 Å². The molecule has 1 nitrogen and oxygen atoms in total. The highest BCUT2D eigenvalue weighted by atomic mass is 79.9. The summed E-state index contributed by atoms with van der Waals surface area (Å²) in [6, 6.07) is 9.96. The number of hydrogen-bond donors (Lipinski definition) is 1. The fourth-order valence-corrected chi connectivity index (χ4v) is 2.27. The van der Waals surface area contributed by atoms with Gasteiger partial charge in [0.15, 0.2) is 0 Å². The van der Waals surface area contributed by atoms with Gasteiger partial charge in [0.05, 0.1) is 4.47 Å². The second kappa shape index (κ2) is 4.07. The van der Waals surface area contributed by atoms with Crippen molar-refractivity contribution in [2.45, 2.75) is 6.42 Å². The van der Waals surface area contributed by atoms with Gasteiger partial charge in [-0.1, -0.05) is 30.3 Å².